The molecule has 0 amide bonds. The van der Waals surface area contributed by atoms with Crippen LogP contribution in [0.5, 0.6) is 0 Å². The molecule has 1 nitrogen and oxygen atoms in total. The Morgan fingerprint density at radius 3 is 1.58 bits per heavy atom. The third kappa shape index (κ3) is 2.30. The van der Waals surface area contributed by atoms with E-state index in [-0.39, 0.29) is 17.0 Å². The molecule has 0 fully saturated rings. The quantitative estimate of drug-likeness (QED) is 0.679. The molecule has 1 heterocycles. The van der Waals surface area contributed by atoms with Crippen molar-refractivity contribution in [2.75, 3.05) is 0 Å². The van der Waals surface area contributed by atoms with Gasteiger partial charge in [-0.05, 0) is 58.2 Å². The summed E-state index contributed by atoms with van der Waals surface area (Å²) in [7, 11) is 0. The van der Waals surface area contributed by atoms with Gasteiger partial charge in [-0.1, -0.05) is 0 Å². The maximum absolute atomic E-state index is 4.34. The number of hydrogen-bond donors (Lipinski definition) is 0. The summed E-state index contributed by atoms with van der Waals surface area (Å²) in [6, 6.07) is 0. The number of aromatic nitrogens is 1. The monoisotopic (exact) mass is 357 g/mol. The SMILES string of the molecule is Br.Cc1nc(C)c(Br)c(C)c1Br. The minimum absolute atomic E-state index is 0. The van der Waals surface area contributed by atoms with E-state index in [2.05, 4.69) is 43.8 Å². The fourth-order valence-corrected chi connectivity index (χ4v) is 1.83. The van der Waals surface area contributed by atoms with Crippen LogP contribution in [0.4, 0.5) is 0 Å². The van der Waals surface area contributed by atoms with Crippen LogP contribution in [0, 0.1) is 20.8 Å². The molecule has 4 heteroatoms. The molecular weight excluding hydrogens is 350 g/mol. The average molecular weight is 360 g/mol. The molecule has 12 heavy (non-hydrogen) atoms. The molecule has 0 aliphatic carbocycles. The van der Waals surface area contributed by atoms with Crippen molar-refractivity contribution in [1.29, 1.82) is 0 Å². The number of hydrogen-bond acceptors (Lipinski definition) is 1. The first kappa shape index (κ1) is 12.6. The van der Waals surface area contributed by atoms with Gasteiger partial charge in [0.1, 0.15) is 0 Å². The van der Waals surface area contributed by atoms with E-state index in [0.29, 0.717) is 0 Å². The lowest BCUT2D eigenvalue weighted by Gasteiger charge is -2.06. The lowest BCUT2D eigenvalue weighted by atomic mass is 10.2. The van der Waals surface area contributed by atoms with Gasteiger partial charge in [0.05, 0.1) is 11.4 Å². The zero-order valence-corrected chi connectivity index (χ0v) is 12.0. The van der Waals surface area contributed by atoms with E-state index < -0.39 is 0 Å². The summed E-state index contributed by atoms with van der Waals surface area (Å²) in [5, 5.41) is 0. The van der Waals surface area contributed by atoms with Crippen LogP contribution in [-0.4, -0.2) is 4.98 Å². The molecule has 0 aromatic carbocycles. The van der Waals surface area contributed by atoms with E-state index in [9.17, 15) is 0 Å². The molecule has 0 aliphatic rings. The van der Waals surface area contributed by atoms with Crippen LogP contribution < -0.4 is 0 Å². The van der Waals surface area contributed by atoms with E-state index in [1.54, 1.807) is 0 Å². The van der Waals surface area contributed by atoms with Crippen LogP contribution in [0.3, 0.4) is 0 Å². The Morgan fingerprint density at radius 1 is 0.917 bits per heavy atom. The third-order valence-electron chi connectivity index (χ3n) is 1.63. The summed E-state index contributed by atoms with van der Waals surface area (Å²) in [5.41, 5.74) is 3.31. The molecule has 68 valence electrons. The van der Waals surface area contributed by atoms with Crippen LogP contribution in [0.2, 0.25) is 0 Å². The first-order valence-electron chi connectivity index (χ1n) is 3.33. The van der Waals surface area contributed by atoms with Gasteiger partial charge in [-0.3, -0.25) is 4.98 Å². The zero-order chi connectivity index (χ0) is 8.59. The van der Waals surface area contributed by atoms with Gasteiger partial charge in [0.2, 0.25) is 0 Å². The highest BCUT2D eigenvalue weighted by molar-refractivity contribution is 9.11. The fraction of sp³-hybridized carbons (Fsp3) is 0.375. The van der Waals surface area contributed by atoms with Gasteiger partial charge in [0.25, 0.3) is 0 Å². The third-order valence-corrected chi connectivity index (χ3v) is 3.97. The van der Waals surface area contributed by atoms with Crippen LogP contribution in [0.25, 0.3) is 0 Å². The number of halogens is 3. The standard InChI is InChI=1S/C8H9Br2N.BrH/c1-4-7(9)5(2)11-6(3)8(4)10;/h1-3H3;1H. The second-order valence-electron chi connectivity index (χ2n) is 2.54. The van der Waals surface area contributed by atoms with E-state index >= 15 is 0 Å². The molecule has 0 radical (unpaired) electrons. The van der Waals surface area contributed by atoms with Gasteiger partial charge in [0, 0.05) is 8.95 Å². The highest BCUT2D eigenvalue weighted by Gasteiger charge is 2.06. The summed E-state index contributed by atoms with van der Waals surface area (Å²) >= 11 is 6.94. The topological polar surface area (TPSA) is 12.9 Å². The van der Waals surface area contributed by atoms with Crippen molar-refractivity contribution in [1.82, 2.24) is 4.98 Å². The summed E-state index contributed by atoms with van der Waals surface area (Å²) in [6.07, 6.45) is 0. The summed E-state index contributed by atoms with van der Waals surface area (Å²) < 4.78 is 2.19. The van der Waals surface area contributed by atoms with E-state index in [1.165, 1.54) is 5.56 Å². The van der Waals surface area contributed by atoms with E-state index in [4.69, 9.17) is 0 Å². The van der Waals surface area contributed by atoms with Gasteiger partial charge >= 0.3 is 0 Å². The number of rotatable bonds is 0. The Morgan fingerprint density at radius 2 is 1.25 bits per heavy atom. The van der Waals surface area contributed by atoms with Gasteiger partial charge in [0.15, 0.2) is 0 Å². The van der Waals surface area contributed by atoms with E-state index in [1.807, 2.05) is 13.8 Å². The smallest absolute Gasteiger partial charge is 0.0521 e. The maximum Gasteiger partial charge on any atom is 0.0521 e. The summed E-state index contributed by atoms with van der Waals surface area (Å²) in [4.78, 5) is 4.34. The molecule has 0 bridgehead atoms. The predicted molar refractivity (Wildman–Crippen MR) is 64.2 cm³/mol. The van der Waals surface area contributed by atoms with Crippen LogP contribution in [-0.2, 0) is 0 Å². The molecule has 1 aromatic heterocycles. The lowest BCUT2D eigenvalue weighted by Crippen LogP contribution is -1.92. The molecule has 0 saturated heterocycles. The minimum atomic E-state index is 0. The average Bonchev–Trinajstić information content (AvgIpc) is 1.97. The molecule has 0 unspecified atom stereocenters. The van der Waals surface area contributed by atoms with Gasteiger partial charge in [-0.15, -0.1) is 17.0 Å². The predicted octanol–water partition coefficient (Wildman–Crippen LogP) is 4.11. The molecule has 0 aliphatic heterocycles. The molecule has 0 spiro atoms. The Bertz CT molecular complexity index is 271. The second kappa shape index (κ2) is 4.72. The van der Waals surface area contributed by atoms with Crippen molar-refractivity contribution in [3.05, 3.63) is 25.9 Å². The lowest BCUT2D eigenvalue weighted by molar-refractivity contribution is 1.07. The Kier molecular flexibility index (Phi) is 4.95. The number of aryl methyl sites for hydroxylation is 2. The van der Waals surface area contributed by atoms with Crippen LogP contribution in [0.1, 0.15) is 17.0 Å². The summed E-state index contributed by atoms with van der Waals surface area (Å²) in [5.74, 6) is 0. The van der Waals surface area contributed by atoms with Crippen molar-refractivity contribution in [2.24, 2.45) is 0 Å². The molecule has 1 rings (SSSR count). The Balaban J connectivity index is 0.00000121. The number of nitrogens with zero attached hydrogens (tertiary/aromatic N) is 1. The van der Waals surface area contributed by atoms with Crippen LogP contribution >= 0.6 is 48.8 Å². The first-order chi connectivity index (χ1) is 5.04. The van der Waals surface area contributed by atoms with Crippen molar-refractivity contribution in [3.63, 3.8) is 0 Å². The van der Waals surface area contributed by atoms with Crippen molar-refractivity contribution in [3.8, 4) is 0 Å². The fourth-order valence-electron chi connectivity index (χ4n) is 0.989. The maximum atomic E-state index is 4.34. The first-order valence-corrected chi connectivity index (χ1v) is 4.91. The molecule has 0 saturated carbocycles. The highest BCUT2D eigenvalue weighted by Crippen LogP contribution is 2.28. The van der Waals surface area contributed by atoms with Gasteiger partial charge < -0.3 is 0 Å². The Labute approximate surface area is 100.0 Å². The number of pyridine rings is 1. The second-order valence-corrected chi connectivity index (χ2v) is 4.12. The van der Waals surface area contributed by atoms with E-state index in [0.717, 1.165) is 20.3 Å². The summed E-state index contributed by atoms with van der Waals surface area (Å²) in [6.45, 7) is 6.06. The zero-order valence-electron chi connectivity index (χ0n) is 7.11. The van der Waals surface area contributed by atoms with Crippen LogP contribution in [0.15, 0.2) is 8.95 Å². The minimum Gasteiger partial charge on any atom is -0.256 e. The molecule has 0 N–H and O–H groups in total. The van der Waals surface area contributed by atoms with Crippen molar-refractivity contribution in [2.45, 2.75) is 20.8 Å². The normalized spacial score (nSPS) is 9.42. The van der Waals surface area contributed by atoms with Crippen molar-refractivity contribution >= 4 is 48.8 Å². The largest absolute Gasteiger partial charge is 0.256 e. The molecule has 1 aromatic rings. The molecule has 0 atom stereocenters. The van der Waals surface area contributed by atoms with Gasteiger partial charge in [-0.25, -0.2) is 0 Å². The Hall–Kier alpha value is 0.590. The molecular formula is C8H10Br3N. The van der Waals surface area contributed by atoms with Crippen molar-refractivity contribution < 1.29 is 0 Å². The van der Waals surface area contributed by atoms with Gasteiger partial charge in [-0.2, -0.15) is 0 Å². The highest BCUT2D eigenvalue weighted by atomic mass is 79.9.